The number of β-amino-alcohol motifs (C(OH)–C–C–N with tert-alkyl or cyclic N) is 1. The number of fused-ring (bicyclic) bond motifs is 1. The lowest BCUT2D eigenvalue weighted by Crippen LogP contribution is -2.24. The molecule has 3 aromatic rings. The molecule has 0 aliphatic carbocycles. The topological polar surface area (TPSA) is 40.8 Å². The maximum absolute atomic E-state index is 13.5. The van der Waals surface area contributed by atoms with E-state index in [1.807, 2.05) is 41.2 Å². The SMILES string of the molecule is O[C@H]1C[C@@H](c2cccc(F)c2)N(Cc2cnn3ccccc23)C1. The summed E-state index contributed by atoms with van der Waals surface area (Å²) in [6, 6.07) is 12.7. The van der Waals surface area contributed by atoms with Crippen LogP contribution in [0, 0.1) is 5.82 Å². The predicted octanol–water partition coefficient (Wildman–Crippen LogP) is 2.78. The molecule has 4 rings (SSSR count). The molecule has 0 unspecified atom stereocenters. The molecule has 1 saturated heterocycles. The molecular formula is C18H18FN3O. The Kier molecular flexibility index (Phi) is 3.59. The van der Waals surface area contributed by atoms with E-state index in [2.05, 4.69) is 10.00 Å². The number of aliphatic hydroxyl groups excluding tert-OH is 1. The number of pyridine rings is 1. The van der Waals surface area contributed by atoms with Crippen molar-refractivity contribution < 1.29 is 9.50 Å². The van der Waals surface area contributed by atoms with Crippen LogP contribution in [0.1, 0.15) is 23.6 Å². The van der Waals surface area contributed by atoms with E-state index in [1.54, 1.807) is 12.1 Å². The van der Waals surface area contributed by atoms with Crippen LogP contribution < -0.4 is 0 Å². The Balaban J connectivity index is 1.64. The lowest BCUT2D eigenvalue weighted by molar-refractivity contribution is 0.173. The van der Waals surface area contributed by atoms with Gasteiger partial charge in [-0.05, 0) is 36.2 Å². The second-order valence-electron chi connectivity index (χ2n) is 6.09. The number of halogens is 1. The van der Waals surface area contributed by atoms with Crippen LogP contribution in [0.5, 0.6) is 0 Å². The van der Waals surface area contributed by atoms with Crippen LogP contribution in [0.15, 0.2) is 54.9 Å². The molecule has 0 spiro atoms. The normalized spacial score (nSPS) is 22.0. The number of benzene rings is 1. The summed E-state index contributed by atoms with van der Waals surface area (Å²) < 4.78 is 15.4. The first kappa shape index (κ1) is 14.4. The van der Waals surface area contributed by atoms with E-state index >= 15 is 0 Å². The van der Waals surface area contributed by atoms with Crippen molar-refractivity contribution in [2.75, 3.05) is 6.54 Å². The first-order chi connectivity index (χ1) is 11.2. The maximum atomic E-state index is 13.5. The van der Waals surface area contributed by atoms with Crippen LogP contribution in [0.3, 0.4) is 0 Å². The molecule has 118 valence electrons. The van der Waals surface area contributed by atoms with Gasteiger partial charge in [-0.3, -0.25) is 4.90 Å². The quantitative estimate of drug-likeness (QED) is 0.808. The summed E-state index contributed by atoms with van der Waals surface area (Å²) in [6.07, 6.45) is 4.03. The first-order valence-corrected chi connectivity index (χ1v) is 7.79. The molecule has 1 aliphatic rings. The molecule has 2 aromatic heterocycles. The summed E-state index contributed by atoms with van der Waals surface area (Å²) in [5, 5.41) is 14.4. The largest absolute Gasteiger partial charge is 0.392 e. The van der Waals surface area contributed by atoms with Gasteiger partial charge in [-0.25, -0.2) is 8.91 Å². The molecule has 3 heterocycles. The summed E-state index contributed by atoms with van der Waals surface area (Å²) in [7, 11) is 0. The molecule has 1 aromatic carbocycles. The second-order valence-corrected chi connectivity index (χ2v) is 6.09. The van der Waals surface area contributed by atoms with Crippen molar-refractivity contribution >= 4 is 5.52 Å². The zero-order valence-electron chi connectivity index (χ0n) is 12.6. The maximum Gasteiger partial charge on any atom is 0.123 e. The van der Waals surface area contributed by atoms with E-state index in [0.29, 0.717) is 19.5 Å². The molecule has 0 saturated carbocycles. The molecule has 0 bridgehead atoms. The van der Waals surface area contributed by atoms with Crippen molar-refractivity contribution in [3.8, 4) is 0 Å². The third-order valence-corrected chi connectivity index (χ3v) is 4.49. The third kappa shape index (κ3) is 2.73. The molecule has 2 atom stereocenters. The molecular weight excluding hydrogens is 293 g/mol. The van der Waals surface area contributed by atoms with Gasteiger partial charge in [0.1, 0.15) is 5.82 Å². The zero-order valence-corrected chi connectivity index (χ0v) is 12.6. The van der Waals surface area contributed by atoms with Gasteiger partial charge in [0.2, 0.25) is 0 Å². The van der Waals surface area contributed by atoms with Crippen molar-refractivity contribution in [2.24, 2.45) is 0 Å². The molecule has 1 aliphatic heterocycles. The molecule has 23 heavy (non-hydrogen) atoms. The predicted molar refractivity (Wildman–Crippen MR) is 85.4 cm³/mol. The van der Waals surface area contributed by atoms with Gasteiger partial charge < -0.3 is 5.11 Å². The highest BCUT2D eigenvalue weighted by Gasteiger charge is 2.32. The van der Waals surface area contributed by atoms with E-state index in [9.17, 15) is 9.50 Å². The molecule has 1 fully saturated rings. The van der Waals surface area contributed by atoms with Gasteiger partial charge in [0.15, 0.2) is 0 Å². The number of aromatic nitrogens is 2. The lowest BCUT2D eigenvalue weighted by atomic mass is 10.0. The average Bonchev–Trinajstić information content (AvgIpc) is 3.12. The summed E-state index contributed by atoms with van der Waals surface area (Å²) in [6.45, 7) is 1.27. The summed E-state index contributed by atoms with van der Waals surface area (Å²) in [5.74, 6) is -0.236. The average molecular weight is 311 g/mol. The standard InChI is InChI=1S/C18H18FN3O/c19-15-5-3-4-13(8-15)18-9-16(23)12-21(18)11-14-10-20-22-7-2-1-6-17(14)22/h1-8,10,16,18,23H,9,11-12H2/t16-,18-/m0/s1. The van der Waals surface area contributed by atoms with E-state index < -0.39 is 0 Å². The monoisotopic (exact) mass is 311 g/mol. The van der Waals surface area contributed by atoms with Gasteiger partial charge in [0.25, 0.3) is 0 Å². The Bertz CT molecular complexity index is 832. The Morgan fingerprint density at radius 1 is 1.22 bits per heavy atom. The fraction of sp³-hybridized carbons (Fsp3) is 0.278. The van der Waals surface area contributed by atoms with E-state index in [4.69, 9.17) is 0 Å². The zero-order chi connectivity index (χ0) is 15.8. The minimum Gasteiger partial charge on any atom is -0.392 e. The summed E-state index contributed by atoms with van der Waals surface area (Å²) in [5.41, 5.74) is 3.09. The van der Waals surface area contributed by atoms with Crippen LogP contribution in [0.25, 0.3) is 5.52 Å². The Morgan fingerprint density at radius 3 is 3.00 bits per heavy atom. The van der Waals surface area contributed by atoms with Gasteiger partial charge in [0.05, 0.1) is 17.8 Å². The third-order valence-electron chi connectivity index (χ3n) is 4.49. The Labute approximate surface area is 133 Å². The van der Waals surface area contributed by atoms with E-state index in [0.717, 1.165) is 16.6 Å². The lowest BCUT2D eigenvalue weighted by Gasteiger charge is -2.24. The summed E-state index contributed by atoms with van der Waals surface area (Å²) >= 11 is 0. The number of likely N-dealkylation sites (tertiary alicyclic amines) is 1. The number of hydrogen-bond donors (Lipinski definition) is 1. The fourth-order valence-electron chi connectivity index (χ4n) is 3.44. The first-order valence-electron chi connectivity index (χ1n) is 7.79. The van der Waals surface area contributed by atoms with Crippen LogP contribution in [0.2, 0.25) is 0 Å². The minimum absolute atomic E-state index is 0.0272. The van der Waals surface area contributed by atoms with Crippen molar-refractivity contribution in [3.63, 3.8) is 0 Å². The summed E-state index contributed by atoms with van der Waals surface area (Å²) in [4.78, 5) is 2.20. The van der Waals surface area contributed by atoms with Gasteiger partial charge in [-0.1, -0.05) is 18.2 Å². The van der Waals surface area contributed by atoms with Crippen molar-refractivity contribution in [1.29, 1.82) is 0 Å². The molecule has 4 nitrogen and oxygen atoms in total. The molecule has 1 N–H and O–H groups in total. The van der Waals surface area contributed by atoms with Crippen molar-refractivity contribution in [2.45, 2.75) is 25.1 Å². The Morgan fingerprint density at radius 2 is 2.13 bits per heavy atom. The smallest absolute Gasteiger partial charge is 0.123 e. The van der Waals surface area contributed by atoms with E-state index in [-0.39, 0.29) is 18.0 Å². The highest BCUT2D eigenvalue weighted by molar-refractivity contribution is 5.53. The van der Waals surface area contributed by atoms with Crippen molar-refractivity contribution in [1.82, 2.24) is 14.5 Å². The van der Waals surface area contributed by atoms with Gasteiger partial charge in [-0.2, -0.15) is 5.10 Å². The minimum atomic E-state index is -0.384. The highest BCUT2D eigenvalue weighted by Crippen LogP contribution is 2.34. The highest BCUT2D eigenvalue weighted by atomic mass is 19.1. The number of rotatable bonds is 3. The van der Waals surface area contributed by atoms with Crippen LogP contribution in [0.4, 0.5) is 4.39 Å². The van der Waals surface area contributed by atoms with Gasteiger partial charge in [0, 0.05) is 30.9 Å². The number of hydrogen-bond acceptors (Lipinski definition) is 3. The molecule has 5 heteroatoms. The van der Waals surface area contributed by atoms with Gasteiger partial charge >= 0.3 is 0 Å². The van der Waals surface area contributed by atoms with Crippen LogP contribution in [-0.2, 0) is 6.54 Å². The number of aliphatic hydroxyl groups is 1. The number of nitrogens with zero attached hydrogens (tertiary/aromatic N) is 3. The van der Waals surface area contributed by atoms with E-state index in [1.165, 1.54) is 6.07 Å². The second kappa shape index (κ2) is 5.76. The van der Waals surface area contributed by atoms with Crippen molar-refractivity contribution in [3.05, 3.63) is 71.8 Å². The van der Waals surface area contributed by atoms with Crippen LogP contribution in [-0.4, -0.2) is 32.3 Å². The van der Waals surface area contributed by atoms with Gasteiger partial charge in [-0.15, -0.1) is 0 Å². The molecule has 0 amide bonds. The Hall–Kier alpha value is -2.24. The van der Waals surface area contributed by atoms with Crippen LogP contribution >= 0.6 is 0 Å². The fourth-order valence-corrected chi connectivity index (χ4v) is 3.44. The molecule has 0 radical (unpaired) electrons.